The summed E-state index contributed by atoms with van der Waals surface area (Å²) in [7, 11) is 0. The molecule has 1 atom stereocenters. The van der Waals surface area contributed by atoms with Gasteiger partial charge in [-0.25, -0.2) is 14.8 Å². The number of rotatable bonds is 3. The van der Waals surface area contributed by atoms with Gasteiger partial charge in [0.25, 0.3) is 0 Å². The number of aromatic nitrogens is 3. The molecule has 1 unspecified atom stereocenters. The summed E-state index contributed by atoms with van der Waals surface area (Å²) in [6, 6.07) is 6.35. The van der Waals surface area contributed by atoms with Crippen molar-refractivity contribution in [3.8, 4) is 11.4 Å². The molecule has 146 valence electrons. The van der Waals surface area contributed by atoms with Crippen molar-refractivity contribution in [2.24, 2.45) is 0 Å². The quantitative estimate of drug-likeness (QED) is 0.747. The topological polar surface area (TPSA) is 76.2 Å². The summed E-state index contributed by atoms with van der Waals surface area (Å²) in [4.78, 5) is 24.1. The maximum atomic E-state index is 12.8. The lowest BCUT2D eigenvalue weighted by Gasteiger charge is -2.26. The average molecular weight is 379 g/mol. The lowest BCUT2D eigenvalue weighted by atomic mass is 9.96. The van der Waals surface area contributed by atoms with Crippen LogP contribution in [-0.2, 0) is 0 Å². The number of carbonyl (C=O) groups excluding carboxylic acids is 1. The maximum absolute atomic E-state index is 12.8. The van der Waals surface area contributed by atoms with Crippen molar-refractivity contribution < 1.29 is 9.21 Å². The number of urea groups is 1. The highest BCUT2D eigenvalue weighted by Crippen LogP contribution is 2.32. The second kappa shape index (κ2) is 7.30. The Labute approximate surface area is 163 Å². The van der Waals surface area contributed by atoms with Crippen molar-refractivity contribution in [3.05, 3.63) is 36.9 Å². The number of furan rings is 1. The van der Waals surface area contributed by atoms with E-state index in [1.807, 2.05) is 23.1 Å². The Bertz CT molecular complexity index is 959. The SMILES string of the molecule is O=C(NC1CCCCC1)N1CCC(n2c(-c3ccoc3)nc3cccnc32)C1. The van der Waals surface area contributed by atoms with E-state index in [-0.39, 0.29) is 12.1 Å². The van der Waals surface area contributed by atoms with Crippen molar-refractivity contribution >= 4 is 17.2 Å². The number of imidazole rings is 1. The first kappa shape index (κ1) is 17.3. The minimum atomic E-state index is 0.0663. The molecule has 1 saturated carbocycles. The fourth-order valence-corrected chi connectivity index (χ4v) is 4.52. The molecule has 2 fully saturated rings. The van der Waals surface area contributed by atoms with E-state index in [1.165, 1.54) is 19.3 Å². The molecule has 5 rings (SSSR count). The van der Waals surface area contributed by atoms with Gasteiger partial charge in [0.1, 0.15) is 17.6 Å². The van der Waals surface area contributed by atoms with Gasteiger partial charge in [-0.1, -0.05) is 19.3 Å². The fourth-order valence-electron chi connectivity index (χ4n) is 4.52. The predicted octanol–water partition coefficient (Wildman–Crippen LogP) is 3.98. The zero-order chi connectivity index (χ0) is 18.9. The molecule has 2 aliphatic rings. The van der Waals surface area contributed by atoms with Crippen LogP contribution in [0.4, 0.5) is 4.79 Å². The molecule has 28 heavy (non-hydrogen) atoms. The van der Waals surface area contributed by atoms with Gasteiger partial charge >= 0.3 is 6.03 Å². The van der Waals surface area contributed by atoms with Crippen LogP contribution in [0.25, 0.3) is 22.6 Å². The third-order valence-corrected chi connectivity index (χ3v) is 5.98. The summed E-state index contributed by atoms with van der Waals surface area (Å²) in [5.41, 5.74) is 2.66. The number of fused-ring (bicyclic) bond motifs is 1. The second-order valence-electron chi connectivity index (χ2n) is 7.84. The molecule has 4 heterocycles. The number of pyridine rings is 1. The molecule has 7 nitrogen and oxygen atoms in total. The zero-order valence-electron chi connectivity index (χ0n) is 15.9. The highest BCUT2D eigenvalue weighted by molar-refractivity contribution is 5.78. The van der Waals surface area contributed by atoms with E-state index in [4.69, 9.17) is 9.40 Å². The van der Waals surface area contributed by atoms with Gasteiger partial charge in [-0.05, 0) is 37.5 Å². The number of nitrogens with zero attached hydrogens (tertiary/aromatic N) is 4. The monoisotopic (exact) mass is 379 g/mol. The van der Waals surface area contributed by atoms with E-state index in [2.05, 4.69) is 14.9 Å². The zero-order valence-corrected chi connectivity index (χ0v) is 15.9. The summed E-state index contributed by atoms with van der Waals surface area (Å²) >= 11 is 0. The molecular formula is C21H25N5O2. The second-order valence-corrected chi connectivity index (χ2v) is 7.84. The summed E-state index contributed by atoms with van der Waals surface area (Å²) in [6.45, 7) is 1.42. The molecule has 0 bridgehead atoms. The summed E-state index contributed by atoms with van der Waals surface area (Å²) in [6.07, 6.45) is 12.0. The number of likely N-dealkylation sites (tertiary alicyclic amines) is 1. The molecule has 2 amide bonds. The Morgan fingerprint density at radius 3 is 2.89 bits per heavy atom. The van der Waals surface area contributed by atoms with Crippen molar-refractivity contribution in [3.63, 3.8) is 0 Å². The van der Waals surface area contributed by atoms with E-state index in [1.54, 1.807) is 18.7 Å². The number of hydrogen-bond acceptors (Lipinski definition) is 4. The van der Waals surface area contributed by atoms with E-state index < -0.39 is 0 Å². The Morgan fingerprint density at radius 1 is 1.18 bits per heavy atom. The van der Waals surface area contributed by atoms with E-state index in [0.717, 1.165) is 48.4 Å². The minimum Gasteiger partial charge on any atom is -0.472 e. The van der Waals surface area contributed by atoms with Gasteiger partial charge in [0.05, 0.1) is 17.9 Å². The average Bonchev–Trinajstić information content (AvgIpc) is 3.46. The first-order valence-electron chi connectivity index (χ1n) is 10.2. The Balaban J connectivity index is 1.39. The van der Waals surface area contributed by atoms with Crippen molar-refractivity contribution in [1.82, 2.24) is 24.8 Å². The first-order valence-corrected chi connectivity index (χ1v) is 10.2. The van der Waals surface area contributed by atoms with Crippen LogP contribution >= 0.6 is 0 Å². The van der Waals surface area contributed by atoms with Gasteiger partial charge in [-0.3, -0.25) is 0 Å². The predicted molar refractivity (Wildman–Crippen MR) is 106 cm³/mol. The van der Waals surface area contributed by atoms with Gasteiger partial charge in [0.15, 0.2) is 5.65 Å². The van der Waals surface area contributed by atoms with Gasteiger partial charge in [0, 0.05) is 25.3 Å². The molecule has 3 aromatic rings. The number of carbonyl (C=O) groups is 1. The smallest absolute Gasteiger partial charge is 0.317 e. The van der Waals surface area contributed by atoms with Crippen LogP contribution in [0.2, 0.25) is 0 Å². The Morgan fingerprint density at radius 2 is 2.07 bits per heavy atom. The minimum absolute atomic E-state index is 0.0663. The number of hydrogen-bond donors (Lipinski definition) is 1. The molecule has 7 heteroatoms. The van der Waals surface area contributed by atoms with Crippen LogP contribution in [0.5, 0.6) is 0 Å². The maximum Gasteiger partial charge on any atom is 0.317 e. The van der Waals surface area contributed by atoms with E-state index >= 15 is 0 Å². The van der Waals surface area contributed by atoms with Crippen molar-refractivity contribution in [2.45, 2.75) is 50.6 Å². The molecule has 1 aliphatic carbocycles. The van der Waals surface area contributed by atoms with Crippen LogP contribution in [0.1, 0.15) is 44.6 Å². The standard InChI is InChI=1S/C21H25N5O2/c27-21(23-16-5-2-1-3-6-16)25-11-8-17(13-25)26-19(15-9-12-28-14-15)24-18-7-4-10-22-20(18)26/h4,7,9-10,12,14,16-17H,1-3,5-6,8,11,13H2,(H,23,27). The van der Waals surface area contributed by atoms with Crippen molar-refractivity contribution in [1.29, 1.82) is 0 Å². The van der Waals surface area contributed by atoms with Crippen LogP contribution in [-0.4, -0.2) is 44.6 Å². The van der Waals surface area contributed by atoms with Crippen LogP contribution in [0.3, 0.4) is 0 Å². The third kappa shape index (κ3) is 3.15. The first-order chi connectivity index (χ1) is 13.8. The largest absolute Gasteiger partial charge is 0.472 e. The molecule has 0 spiro atoms. The molecule has 3 aromatic heterocycles. The highest BCUT2D eigenvalue weighted by atomic mass is 16.3. The fraction of sp³-hybridized carbons (Fsp3) is 0.476. The number of amides is 2. The molecule has 1 aliphatic heterocycles. The summed E-state index contributed by atoms with van der Waals surface area (Å²) in [5.74, 6) is 0.849. The molecule has 0 aromatic carbocycles. The molecular weight excluding hydrogens is 354 g/mol. The Kier molecular flexibility index (Phi) is 4.50. The van der Waals surface area contributed by atoms with Gasteiger partial charge in [-0.2, -0.15) is 0 Å². The van der Waals surface area contributed by atoms with Crippen LogP contribution in [0, 0.1) is 0 Å². The molecule has 0 radical (unpaired) electrons. The number of nitrogens with one attached hydrogen (secondary N) is 1. The lowest BCUT2D eigenvalue weighted by Crippen LogP contribution is -2.44. The third-order valence-electron chi connectivity index (χ3n) is 5.98. The normalized spacial score (nSPS) is 20.7. The van der Waals surface area contributed by atoms with Crippen LogP contribution < -0.4 is 5.32 Å². The van der Waals surface area contributed by atoms with Crippen LogP contribution in [0.15, 0.2) is 41.3 Å². The summed E-state index contributed by atoms with van der Waals surface area (Å²) < 4.78 is 7.45. The van der Waals surface area contributed by atoms with Crippen molar-refractivity contribution in [2.75, 3.05) is 13.1 Å². The van der Waals surface area contributed by atoms with E-state index in [9.17, 15) is 4.79 Å². The lowest BCUT2D eigenvalue weighted by molar-refractivity contribution is 0.199. The Hall–Kier alpha value is -2.83. The van der Waals surface area contributed by atoms with Gasteiger partial charge in [0.2, 0.25) is 0 Å². The summed E-state index contributed by atoms with van der Waals surface area (Å²) in [5, 5.41) is 3.24. The molecule has 1 saturated heterocycles. The van der Waals surface area contributed by atoms with E-state index in [0.29, 0.717) is 12.6 Å². The molecule has 1 N–H and O–H groups in total. The van der Waals surface area contributed by atoms with Gasteiger partial charge in [-0.15, -0.1) is 0 Å². The highest BCUT2D eigenvalue weighted by Gasteiger charge is 2.31. The van der Waals surface area contributed by atoms with Gasteiger partial charge < -0.3 is 19.2 Å².